The minimum atomic E-state index is -4.93. The van der Waals surface area contributed by atoms with Gasteiger partial charge in [-0.2, -0.15) is 13.2 Å². The van der Waals surface area contributed by atoms with Crippen LogP contribution >= 0.6 is 0 Å². The molecule has 0 atom stereocenters. The molecule has 0 unspecified atom stereocenters. The molecule has 0 amide bonds. The Morgan fingerprint density at radius 1 is 1.31 bits per heavy atom. The third-order valence-electron chi connectivity index (χ3n) is 1.99. The fourth-order valence-electron chi connectivity index (χ4n) is 1.29. The van der Waals surface area contributed by atoms with Gasteiger partial charge in [-0.3, -0.25) is 4.79 Å². The Labute approximate surface area is 88.8 Å². The summed E-state index contributed by atoms with van der Waals surface area (Å²) in [5.41, 5.74) is -2.29. The van der Waals surface area contributed by atoms with Crippen molar-refractivity contribution in [3.05, 3.63) is 29.1 Å². The SMILES string of the molecule is COc1ccc(C(C)=O)c(C(F)(F)F)c1F. The summed E-state index contributed by atoms with van der Waals surface area (Å²) < 4.78 is 55.4. The Hall–Kier alpha value is -1.59. The van der Waals surface area contributed by atoms with E-state index in [0.29, 0.717) is 0 Å². The van der Waals surface area contributed by atoms with Gasteiger partial charge in [0.2, 0.25) is 0 Å². The van der Waals surface area contributed by atoms with E-state index in [0.717, 1.165) is 26.2 Å². The van der Waals surface area contributed by atoms with Crippen LogP contribution in [0, 0.1) is 5.82 Å². The van der Waals surface area contributed by atoms with Gasteiger partial charge in [0.25, 0.3) is 0 Å². The lowest BCUT2D eigenvalue weighted by Gasteiger charge is -2.13. The van der Waals surface area contributed by atoms with Crippen molar-refractivity contribution in [3.63, 3.8) is 0 Å². The molecule has 0 bridgehead atoms. The maximum absolute atomic E-state index is 13.4. The highest BCUT2D eigenvalue weighted by molar-refractivity contribution is 5.96. The first-order valence-electron chi connectivity index (χ1n) is 4.23. The number of carbonyl (C=O) groups is 1. The molecule has 1 aromatic rings. The largest absolute Gasteiger partial charge is 0.494 e. The van der Waals surface area contributed by atoms with E-state index in [2.05, 4.69) is 4.74 Å². The van der Waals surface area contributed by atoms with Gasteiger partial charge in [-0.05, 0) is 19.1 Å². The molecular weight excluding hydrogens is 228 g/mol. The Bertz CT molecular complexity index is 424. The predicted molar refractivity (Wildman–Crippen MR) is 48.0 cm³/mol. The number of carbonyl (C=O) groups excluding carboxylic acids is 1. The molecule has 0 N–H and O–H groups in total. The Morgan fingerprint density at radius 2 is 1.88 bits per heavy atom. The molecule has 2 nitrogen and oxygen atoms in total. The van der Waals surface area contributed by atoms with Crippen LogP contribution < -0.4 is 4.74 Å². The van der Waals surface area contributed by atoms with Crippen LogP contribution in [0.4, 0.5) is 17.6 Å². The van der Waals surface area contributed by atoms with Gasteiger partial charge in [0.15, 0.2) is 17.3 Å². The second-order valence-electron chi connectivity index (χ2n) is 3.06. The first kappa shape index (κ1) is 12.5. The van der Waals surface area contributed by atoms with Crippen LogP contribution in [-0.2, 0) is 6.18 Å². The quantitative estimate of drug-likeness (QED) is 0.582. The van der Waals surface area contributed by atoms with Crippen LogP contribution in [0.15, 0.2) is 12.1 Å². The zero-order valence-corrected chi connectivity index (χ0v) is 8.48. The predicted octanol–water partition coefficient (Wildman–Crippen LogP) is 3.06. The summed E-state index contributed by atoms with van der Waals surface area (Å²) >= 11 is 0. The fourth-order valence-corrected chi connectivity index (χ4v) is 1.29. The highest BCUT2D eigenvalue weighted by Gasteiger charge is 2.39. The zero-order chi connectivity index (χ0) is 12.5. The Kier molecular flexibility index (Phi) is 3.21. The van der Waals surface area contributed by atoms with Crippen LogP contribution in [-0.4, -0.2) is 12.9 Å². The summed E-state index contributed by atoms with van der Waals surface area (Å²) in [6.07, 6.45) is -4.93. The van der Waals surface area contributed by atoms with Crippen molar-refractivity contribution in [1.82, 2.24) is 0 Å². The lowest BCUT2D eigenvalue weighted by molar-refractivity contribution is -0.140. The molecular formula is C10H8F4O2. The summed E-state index contributed by atoms with van der Waals surface area (Å²) in [4.78, 5) is 11.0. The van der Waals surface area contributed by atoms with E-state index >= 15 is 0 Å². The van der Waals surface area contributed by atoms with Crippen molar-refractivity contribution >= 4 is 5.78 Å². The van der Waals surface area contributed by atoms with Crippen molar-refractivity contribution in [1.29, 1.82) is 0 Å². The molecule has 1 aromatic carbocycles. The minimum Gasteiger partial charge on any atom is -0.494 e. The molecule has 0 aliphatic carbocycles. The van der Waals surface area contributed by atoms with Crippen LogP contribution in [0.3, 0.4) is 0 Å². The molecule has 0 aliphatic heterocycles. The first-order valence-corrected chi connectivity index (χ1v) is 4.23. The summed E-state index contributed by atoms with van der Waals surface area (Å²) in [5, 5.41) is 0. The van der Waals surface area contributed by atoms with Gasteiger partial charge in [0.05, 0.1) is 7.11 Å². The molecule has 88 valence electrons. The molecule has 0 saturated carbocycles. The van der Waals surface area contributed by atoms with E-state index in [4.69, 9.17) is 0 Å². The highest BCUT2D eigenvalue weighted by Crippen LogP contribution is 2.37. The van der Waals surface area contributed by atoms with Crippen molar-refractivity contribution in [3.8, 4) is 5.75 Å². The third kappa shape index (κ3) is 2.15. The zero-order valence-electron chi connectivity index (χ0n) is 8.48. The number of ketones is 1. The van der Waals surface area contributed by atoms with E-state index in [-0.39, 0.29) is 0 Å². The molecule has 0 radical (unpaired) electrons. The number of hydrogen-bond acceptors (Lipinski definition) is 2. The lowest BCUT2D eigenvalue weighted by Crippen LogP contribution is -2.15. The summed E-state index contributed by atoms with van der Waals surface area (Å²) in [6.45, 7) is 0.941. The minimum absolute atomic E-state index is 0.544. The maximum atomic E-state index is 13.4. The van der Waals surface area contributed by atoms with Gasteiger partial charge >= 0.3 is 6.18 Å². The molecule has 0 heterocycles. The fraction of sp³-hybridized carbons (Fsp3) is 0.300. The van der Waals surface area contributed by atoms with Gasteiger partial charge in [-0.1, -0.05) is 0 Å². The van der Waals surface area contributed by atoms with Crippen LogP contribution in [0.25, 0.3) is 0 Å². The highest BCUT2D eigenvalue weighted by atomic mass is 19.4. The number of ether oxygens (including phenoxy) is 1. The topological polar surface area (TPSA) is 26.3 Å². The average Bonchev–Trinajstić information content (AvgIpc) is 2.14. The van der Waals surface area contributed by atoms with E-state index in [1.807, 2.05) is 0 Å². The van der Waals surface area contributed by atoms with Gasteiger partial charge in [-0.25, -0.2) is 4.39 Å². The van der Waals surface area contributed by atoms with Gasteiger partial charge in [0.1, 0.15) is 5.56 Å². The smallest absolute Gasteiger partial charge is 0.420 e. The summed E-state index contributed by atoms with van der Waals surface area (Å²) in [5.74, 6) is -2.96. The van der Waals surface area contributed by atoms with Crippen LogP contribution in [0.2, 0.25) is 0 Å². The Morgan fingerprint density at radius 3 is 2.25 bits per heavy atom. The molecule has 6 heteroatoms. The molecule has 1 rings (SSSR count). The normalized spacial score (nSPS) is 11.4. The standard InChI is InChI=1S/C10H8F4O2/c1-5(15)6-3-4-7(16-2)9(11)8(6)10(12,13)14/h3-4H,1-2H3. The number of methoxy groups -OCH3 is 1. The van der Waals surface area contributed by atoms with Gasteiger partial charge < -0.3 is 4.74 Å². The molecule has 16 heavy (non-hydrogen) atoms. The van der Waals surface area contributed by atoms with Crippen molar-refractivity contribution in [2.24, 2.45) is 0 Å². The van der Waals surface area contributed by atoms with Gasteiger partial charge in [-0.15, -0.1) is 0 Å². The number of halogens is 4. The van der Waals surface area contributed by atoms with E-state index < -0.39 is 34.7 Å². The number of rotatable bonds is 2. The van der Waals surface area contributed by atoms with E-state index in [1.165, 1.54) is 0 Å². The van der Waals surface area contributed by atoms with E-state index in [1.54, 1.807) is 0 Å². The first-order chi connectivity index (χ1) is 7.29. The number of hydrogen-bond donors (Lipinski definition) is 0. The third-order valence-corrected chi connectivity index (χ3v) is 1.99. The second-order valence-corrected chi connectivity index (χ2v) is 3.06. The molecule has 0 aliphatic rings. The molecule has 0 saturated heterocycles. The van der Waals surface area contributed by atoms with Crippen molar-refractivity contribution in [2.75, 3.05) is 7.11 Å². The number of benzene rings is 1. The number of Topliss-reactive ketones (excluding diaryl/α,β-unsaturated/α-hetero) is 1. The van der Waals surface area contributed by atoms with Crippen LogP contribution in [0.5, 0.6) is 5.75 Å². The lowest BCUT2D eigenvalue weighted by atomic mass is 10.0. The van der Waals surface area contributed by atoms with Crippen LogP contribution in [0.1, 0.15) is 22.8 Å². The second kappa shape index (κ2) is 4.11. The average molecular weight is 236 g/mol. The number of alkyl halides is 3. The van der Waals surface area contributed by atoms with Gasteiger partial charge in [0, 0.05) is 5.56 Å². The summed E-state index contributed by atoms with van der Waals surface area (Å²) in [6, 6.07) is 1.88. The Balaban J connectivity index is 3.56. The monoisotopic (exact) mass is 236 g/mol. The summed E-state index contributed by atoms with van der Waals surface area (Å²) in [7, 11) is 1.05. The molecule has 0 spiro atoms. The van der Waals surface area contributed by atoms with Crippen molar-refractivity contribution in [2.45, 2.75) is 13.1 Å². The molecule has 0 fully saturated rings. The maximum Gasteiger partial charge on any atom is 0.420 e. The van der Waals surface area contributed by atoms with E-state index in [9.17, 15) is 22.4 Å². The van der Waals surface area contributed by atoms with Crippen molar-refractivity contribution < 1.29 is 27.1 Å². The molecule has 0 aromatic heterocycles.